The predicted octanol–water partition coefficient (Wildman–Crippen LogP) is 4.17. The van der Waals surface area contributed by atoms with Gasteiger partial charge in [-0.15, -0.1) is 0 Å². The van der Waals surface area contributed by atoms with Gasteiger partial charge in [0, 0.05) is 50.2 Å². The monoisotopic (exact) mass is 462 g/mol. The highest BCUT2D eigenvalue weighted by Crippen LogP contribution is 2.19. The Balaban J connectivity index is 1.37. The lowest BCUT2D eigenvalue weighted by molar-refractivity contribution is 0.102. The average Bonchev–Trinajstić information content (AvgIpc) is 2.85. The smallest absolute Gasteiger partial charge is 0.258 e. The quantitative estimate of drug-likeness (QED) is 0.378. The molecule has 0 spiro atoms. The molecule has 1 aliphatic rings. The third-order valence-electron chi connectivity index (χ3n) is 5.67. The van der Waals surface area contributed by atoms with E-state index in [-0.39, 0.29) is 5.91 Å². The van der Waals surface area contributed by atoms with Gasteiger partial charge in [-0.05, 0) is 36.9 Å². The molecule has 0 aliphatic carbocycles. The largest absolute Gasteiger partial charge is 0.380 e. The van der Waals surface area contributed by atoms with Crippen LogP contribution in [-0.4, -0.2) is 59.8 Å². The van der Waals surface area contributed by atoms with Gasteiger partial charge in [0.1, 0.15) is 11.7 Å². The van der Waals surface area contributed by atoms with Crippen molar-refractivity contribution in [2.45, 2.75) is 6.54 Å². The number of pyridine rings is 1. The number of rotatable bonds is 6. The predicted molar refractivity (Wildman–Crippen MR) is 133 cm³/mol. The van der Waals surface area contributed by atoms with Gasteiger partial charge < -0.3 is 20.4 Å². The van der Waals surface area contributed by atoms with Gasteiger partial charge in [0.2, 0.25) is 0 Å². The molecule has 8 heteroatoms. The molecule has 1 saturated heterocycles. The summed E-state index contributed by atoms with van der Waals surface area (Å²) in [7, 11) is 2.11. The lowest BCUT2D eigenvalue weighted by atomic mass is 10.1. The third kappa shape index (κ3) is 5.88. The second-order valence-corrected chi connectivity index (χ2v) is 8.49. The number of amides is 1. The average molecular weight is 463 g/mol. The van der Waals surface area contributed by atoms with Gasteiger partial charge >= 0.3 is 0 Å². The van der Waals surface area contributed by atoms with Crippen LogP contribution < -0.4 is 10.6 Å². The molecule has 2 aromatic carbocycles. The summed E-state index contributed by atoms with van der Waals surface area (Å²) in [6, 6.07) is 18.7. The maximum Gasteiger partial charge on any atom is 0.258 e. The molecule has 33 heavy (non-hydrogen) atoms. The van der Waals surface area contributed by atoms with E-state index in [9.17, 15) is 4.79 Å². The van der Waals surface area contributed by atoms with Crippen LogP contribution in [0.4, 0.5) is 11.5 Å². The Morgan fingerprint density at radius 3 is 2.45 bits per heavy atom. The Hall–Kier alpha value is -3.42. The fourth-order valence-corrected chi connectivity index (χ4v) is 3.77. The third-order valence-corrected chi connectivity index (χ3v) is 5.89. The molecular formula is C25H27ClN6O. The number of halogens is 1. The van der Waals surface area contributed by atoms with Gasteiger partial charge in [0.15, 0.2) is 0 Å². The van der Waals surface area contributed by atoms with Crippen molar-refractivity contribution in [3.05, 3.63) is 88.6 Å². The number of piperazine rings is 1. The molecule has 0 bridgehead atoms. The van der Waals surface area contributed by atoms with Gasteiger partial charge in [0.25, 0.3) is 5.91 Å². The zero-order valence-corrected chi connectivity index (χ0v) is 19.3. The van der Waals surface area contributed by atoms with Crippen molar-refractivity contribution in [1.82, 2.24) is 14.8 Å². The lowest BCUT2D eigenvalue weighted by Gasteiger charge is -2.34. The molecule has 1 aromatic heterocycles. The summed E-state index contributed by atoms with van der Waals surface area (Å²) in [5.74, 6) is 0.766. The van der Waals surface area contributed by atoms with Crippen LogP contribution in [0.2, 0.25) is 5.02 Å². The van der Waals surface area contributed by atoms with Crippen LogP contribution in [-0.2, 0) is 6.54 Å². The number of carbonyl (C=O) groups excluding carboxylic acids is 1. The van der Waals surface area contributed by atoms with E-state index in [4.69, 9.17) is 17.0 Å². The maximum absolute atomic E-state index is 12.8. The molecule has 0 unspecified atom stereocenters. The van der Waals surface area contributed by atoms with Crippen molar-refractivity contribution in [3.63, 3.8) is 0 Å². The molecule has 3 aromatic rings. The standard InChI is InChI=1S/C25H27ClN6O/c1-31-12-14-32(15-13-31)24(27)19-8-6-18(7-9-19)16-28-22-5-3-2-4-21(22)25(33)30-23-11-10-20(26)17-29-23/h2-11,17,27-28H,12-16H2,1H3,(H,29,30,33). The van der Waals surface area contributed by atoms with E-state index in [1.807, 2.05) is 42.5 Å². The lowest BCUT2D eigenvalue weighted by Crippen LogP contribution is -2.47. The Labute approximate surface area is 198 Å². The number of hydrogen-bond acceptors (Lipinski definition) is 5. The number of carbonyl (C=O) groups is 1. The zero-order valence-electron chi connectivity index (χ0n) is 18.5. The van der Waals surface area contributed by atoms with Crippen LogP contribution in [0, 0.1) is 5.41 Å². The van der Waals surface area contributed by atoms with Crippen LogP contribution in [0.15, 0.2) is 66.9 Å². The van der Waals surface area contributed by atoms with Gasteiger partial charge in [-0.3, -0.25) is 10.2 Å². The van der Waals surface area contributed by atoms with Crippen LogP contribution in [0.25, 0.3) is 0 Å². The first kappa shape index (κ1) is 22.8. The molecule has 2 heterocycles. The highest BCUT2D eigenvalue weighted by atomic mass is 35.5. The second-order valence-electron chi connectivity index (χ2n) is 8.05. The van der Waals surface area contributed by atoms with Crippen molar-refractivity contribution in [2.75, 3.05) is 43.9 Å². The number of anilines is 2. The van der Waals surface area contributed by atoms with Gasteiger partial charge in [-0.25, -0.2) is 4.98 Å². The van der Waals surface area contributed by atoms with Crippen molar-refractivity contribution in [1.29, 1.82) is 5.41 Å². The highest BCUT2D eigenvalue weighted by molar-refractivity contribution is 6.30. The van der Waals surface area contributed by atoms with Crippen LogP contribution in [0.1, 0.15) is 21.5 Å². The molecule has 7 nitrogen and oxygen atoms in total. The second kappa shape index (κ2) is 10.5. The van der Waals surface area contributed by atoms with Crippen LogP contribution in [0.3, 0.4) is 0 Å². The van der Waals surface area contributed by atoms with Gasteiger partial charge in [0.05, 0.1) is 10.6 Å². The first-order valence-electron chi connectivity index (χ1n) is 10.9. The number of amidine groups is 1. The Bertz CT molecular complexity index is 1110. The minimum Gasteiger partial charge on any atom is -0.380 e. The summed E-state index contributed by atoms with van der Waals surface area (Å²) in [4.78, 5) is 21.3. The summed E-state index contributed by atoms with van der Waals surface area (Å²) in [6.07, 6.45) is 1.49. The van der Waals surface area contributed by atoms with E-state index in [1.54, 1.807) is 18.2 Å². The molecule has 3 N–H and O–H groups in total. The van der Waals surface area contributed by atoms with Crippen molar-refractivity contribution in [2.24, 2.45) is 0 Å². The fraction of sp³-hybridized carbons (Fsp3) is 0.240. The molecule has 1 aliphatic heterocycles. The minimum atomic E-state index is -0.246. The molecule has 1 fully saturated rings. The summed E-state index contributed by atoms with van der Waals surface area (Å²) < 4.78 is 0. The number of nitrogens with one attached hydrogen (secondary N) is 3. The molecule has 170 valence electrons. The van der Waals surface area contributed by atoms with E-state index >= 15 is 0 Å². The molecule has 1 amide bonds. The van der Waals surface area contributed by atoms with E-state index in [1.165, 1.54) is 6.20 Å². The fourth-order valence-electron chi connectivity index (χ4n) is 3.66. The van der Waals surface area contributed by atoms with Crippen LogP contribution in [0.5, 0.6) is 0 Å². The number of para-hydroxylation sites is 1. The number of nitrogens with zero attached hydrogens (tertiary/aromatic N) is 3. The summed E-state index contributed by atoms with van der Waals surface area (Å²) in [5.41, 5.74) is 3.25. The first-order valence-corrected chi connectivity index (χ1v) is 11.2. The number of likely N-dealkylation sites (N-methyl/N-ethyl adjacent to an activating group) is 1. The SMILES string of the molecule is CN1CCN(C(=N)c2ccc(CNc3ccccc3C(=O)Nc3ccc(Cl)cn3)cc2)CC1. The van der Waals surface area contributed by atoms with Crippen molar-refractivity contribution >= 4 is 34.8 Å². The summed E-state index contributed by atoms with van der Waals surface area (Å²) >= 11 is 5.86. The Kier molecular flexibility index (Phi) is 7.22. The van der Waals surface area contributed by atoms with Gasteiger partial charge in [-0.1, -0.05) is 48.0 Å². The number of hydrogen-bond donors (Lipinski definition) is 3. The van der Waals surface area contributed by atoms with Crippen molar-refractivity contribution in [3.8, 4) is 0 Å². The van der Waals surface area contributed by atoms with E-state index in [0.717, 1.165) is 43.0 Å². The molecule has 4 rings (SSSR count). The molecular weight excluding hydrogens is 436 g/mol. The van der Waals surface area contributed by atoms with E-state index in [2.05, 4.69) is 32.5 Å². The minimum absolute atomic E-state index is 0.246. The normalized spacial score (nSPS) is 14.1. The summed E-state index contributed by atoms with van der Waals surface area (Å²) in [6.45, 7) is 4.27. The van der Waals surface area contributed by atoms with Crippen molar-refractivity contribution < 1.29 is 4.79 Å². The Morgan fingerprint density at radius 2 is 1.76 bits per heavy atom. The molecule has 0 atom stereocenters. The van der Waals surface area contributed by atoms with Gasteiger partial charge in [-0.2, -0.15) is 0 Å². The Morgan fingerprint density at radius 1 is 1.03 bits per heavy atom. The van der Waals surface area contributed by atoms with E-state index in [0.29, 0.717) is 28.8 Å². The first-order chi connectivity index (χ1) is 16.0. The maximum atomic E-state index is 12.8. The van der Waals surface area contributed by atoms with Crippen LogP contribution >= 0.6 is 11.6 Å². The topological polar surface area (TPSA) is 84.3 Å². The highest BCUT2D eigenvalue weighted by Gasteiger charge is 2.17. The number of aromatic nitrogens is 1. The summed E-state index contributed by atoms with van der Waals surface area (Å²) in [5, 5.41) is 15.2. The molecule has 0 radical (unpaired) electrons. The number of benzene rings is 2. The van der Waals surface area contributed by atoms with E-state index < -0.39 is 0 Å². The zero-order chi connectivity index (χ0) is 23.2. The molecule has 0 saturated carbocycles.